The van der Waals surface area contributed by atoms with Crippen LogP contribution in [0.5, 0.6) is 0 Å². The standard InChI is InChI=1S/C21H24N4O2S/c26-19(10-11-25-14-23-17-9-5-4-8-16(17)21(25)27)22-12-20-24-18(13-28-20)15-6-2-1-3-7-15/h4-5,8-9,13-15H,1-3,6-7,10-12H2,(H,22,26). The van der Waals surface area contributed by atoms with Gasteiger partial charge in [0, 0.05) is 24.3 Å². The van der Waals surface area contributed by atoms with Crippen molar-refractivity contribution in [3.05, 3.63) is 57.0 Å². The van der Waals surface area contributed by atoms with Gasteiger partial charge in [-0.1, -0.05) is 31.4 Å². The highest BCUT2D eigenvalue weighted by atomic mass is 32.1. The highest BCUT2D eigenvalue weighted by molar-refractivity contribution is 7.09. The third-order valence-corrected chi connectivity index (χ3v) is 6.21. The van der Waals surface area contributed by atoms with E-state index in [1.807, 2.05) is 18.2 Å². The van der Waals surface area contributed by atoms with Gasteiger partial charge in [-0.2, -0.15) is 0 Å². The molecule has 1 aliphatic rings. The Kier molecular flexibility index (Phi) is 5.81. The van der Waals surface area contributed by atoms with E-state index in [1.165, 1.54) is 48.7 Å². The molecule has 1 aromatic carbocycles. The van der Waals surface area contributed by atoms with E-state index in [1.54, 1.807) is 17.4 Å². The molecule has 2 heterocycles. The number of hydrogen-bond donors (Lipinski definition) is 1. The number of hydrogen-bond acceptors (Lipinski definition) is 5. The van der Waals surface area contributed by atoms with Gasteiger partial charge >= 0.3 is 0 Å². The number of nitrogens with zero attached hydrogens (tertiary/aromatic N) is 3. The van der Waals surface area contributed by atoms with Crippen LogP contribution in [-0.2, 0) is 17.9 Å². The van der Waals surface area contributed by atoms with Crippen molar-refractivity contribution in [2.45, 2.75) is 57.5 Å². The van der Waals surface area contributed by atoms with E-state index in [0.717, 1.165) is 5.01 Å². The zero-order valence-corrected chi connectivity index (χ0v) is 16.6. The van der Waals surface area contributed by atoms with Crippen LogP contribution in [-0.4, -0.2) is 20.4 Å². The Balaban J connectivity index is 1.30. The summed E-state index contributed by atoms with van der Waals surface area (Å²) in [6.07, 6.45) is 8.11. The molecule has 0 radical (unpaired) electrons. The van der Waals surface area contributed by atoms with E-state index < -0.39 is 0 Å². The quantitative estimate of drug-likeness (QED) is 0.691. The third-order valence-electron chi connectivity index (χ3n) is 5.34. The molecule has 1 aliphatic carbocycles. The summed E-state index contributed by atoms with van der Waals surface area (Å²) in [6, 6.07) is 7.24. The maximum atomic E-state index is 12.5. The lowest BCUT2D eigenvalue weighted by Crippen LogP contribution is -2.27. The predicted molar refractivity (Wildman–Crippen MR) is 110 cm³/mol. The number of benzene rings is 1. The minimum atomic E-state index is -0.115. The maximum Gasteiger partial charge on any atom is 0.261 e. The van der Waals surface area contributed by atoms with Crippen molar-refractivity contribution in [3.63, 3.8) is 0 Å². The van der Waals surface area contributed by atoms with E-state index in [0.29, 0.717) is 29.9 Å². The van der Waals surface area contributed by atoms with Gasteiger partial charge in [-0.3, -0.25) is 14.2 Å². The monoisotopic (exact) mass is 396 g/mol. The van der Waals surface area contributed by atoms with Gasteiger partial charge < -0.3 is 5.32 Å². The molecule has 1 fully saturated rings. The molecule has 6 nitrogen and oxygen atoms in total. The van der Waals surface area contributed by atoms with Crippen LogP contribution in [0.25, 0.3) is 10.9 Å². The Labute approximate surface area is 167 Å². The first kappa shape index (κ1) is 18.8. The van der Waals surface area contributed by atoms with Crippen molar-refractivity contribution in [2.24, 2.45) is 0 Å². The average molecular weight is 397 g/mol. The fraction of sp³-hybridized carbons (Fsp3) is 0.429. The largest absolute Gasteiger partial charge is 0.350 e. The van der Waals surface area contributed by atoms with Crippen LogP contribution in [0.3, 0.4) is 0 Å². The number of rotatable bonds is 6. The van der Waals surface area contributed by atoms with Gasteiger partial charge in [-0.05, 0) is 25.0 Å². The number of nitrogens with one attached hydrogen (secondary N) is 1. The molecule has 1 N–H and O–H groups in total. The highest BCUT2D eigenvalue weighted by Gasteiger charge is 2.18. The number of carbonyl (C=O) groups is 1. The number of amides is 1. The van der Waals surface area contributed by atoms with Gasteiger partial charge in [-0.15, -0.1) is 11.3 Å². The van der Waals surface area contributed by atoms with Crippen molar-refractivity contribution in [2.75, 3.05) is 0 Å². The summed E-state index contributed by atoms with van der Waals surface area (Å²) in [5.74, 6) is 0.496. The fourth-order valence-corrected chi connectivity index (χ4v) is 4.56. The lowest BCUT2D eigenvalue weighted by molar-refractivity contribution is -0.121. The number of fused-ring (bicyclic) bond motifs is 1. The van der Waals surface area contributed by atoms with Gasteiger partial charge in [0.2, 0.25) is 5.91 Å². The normalized spacial score (nSPS) is 15.0. The summed E-state index contributed by atoms with van der Waals surface area (Å²) in [6.45, 7) is 0.759. The minimum Gasteiger partial charge on any atom is -0.350 e. The molecule has 0 aliphatic heterocycles. The van der Waals surface area contributed by atoms with E-state index in [2.05, 4.69) is 15.7 Å². The number of aryl methyl sites for hydroxylation is 1. The van der Waals surface area contributed by atoms with Gasteiger partial charge in [0.1, 0.15) is 5.01 Å². The van der Waals surface area contributed by atoms with Gasteiger partial charge in [0.05, 0.1) is 29.5 Å². The molecule has 0 bridgehead atoms. The van der Waals surface area contributed by atoms with Crippen LogP contribution < -0.4 is 10.9 Å². The van der Waals surface area contributed by atoms with Crippen LogP contribution in [0.2, 0.25) is 0 Å². The minimum absolute atomic E-state index is 0.0884. The van der Waals surface area contributed by atoms with Crippen LogP contribution >= 0.6 is 11.3 Å². The molecular weight excluding hydrogens is 372 g/mol. The third kappa shape index (κ3) is 4.30. The van der Waals surface area contributed by atoms with Crippen molar-refractivity contribution in [3.8, 4) is 0 Å². The second kappa shape index (κ2) is 8.65. The first-order valence-corrected chi connectivity index (χ1v) is 10.7. The Hall–Kier alpha value is -2.54. The summed E-state index contributed by atoms with van der Waals surface area (Å²) in [4.78, 5) is 33.7. The molecule has 0 saturated heterocycles. The van der Waals surface area contributed by atoms with Crippen LogP contribution in [0.4, 0.5) is 0 Å². The molecule has 0 unspecified atom stereocenters. The second-order valence-corrected chi connectivity index (χ2v) is 8.23. The van der Waals surface area contributed by atoms with E-state index in [-0.39, 0.29) is 17.9 Å². The zero-order chi connectivity index (χ0) is 19.3. The smallest absolute Gasteiger partial charge is 0.261 e. The molecule has 146 valence electrons. The molecule has 28 heavy (non-hydrogen) atoms. The Bertz CT molecular complexity index is 1020. The topological polar surface area (TPSA) is 76.9 Å². The highest BCUT2D eigenvalue weighted by Crippen LogP contribution is 2.32. The maximum absolute atomic E-state index is 12.5. The van der Waals surface area contributed by atoms with Crippen LogP contribution in [0.15, 0.2) is 40.8 Å². The van der Waals surface area contributed by atoms with Gasteiger partial charge in [0.15, 0.2) is 0 Å². The molecule has 0 atom stereocenters. The van der Waals surface area contributed by atoms with Crippen molar-refractivity contribution in [1.29, 1.82) is 0 Å². The lowest BCUT2D eigenvalue weighted by Gasteiger charge is -2.19. The number of thiazole rings is 1. The molecule has 1 saturated carbocycles. The van der Waals surface area contributed by atoms with E-state index in [9.17, 15) is 9.59 Å². The van der Waals surface area contributed by atoms with Gasteiger partial charge in [0.25, 0.3) is 5.56 Å². The van der Waals surface area contributed by atoms with Crippen LogP contribution in [0.1, 0.15) is 55.1 Å². The molecule has 4 rings (SSSR count). The molecule has 1 amide bonds. The van der Waals surface area contributed by atoms with E-state index >= 15 is 0 Å². The summed E-state index contributed by atoms with van der Waals surface area (Å²) < 4.78 is 1.49. The fourth-order valence-electron chi connectivity index (χ4n) is 3.74. The van der Waals surface area contributed by atoms with Gasteiger partial charge in [-0.25, -0.2) is 9.97 Å². The second-order valence-electron chi connectivity index (χ2n) is 7.29. The van der Waals surface area contributed by atoms with E-state index in [4.69, 9.17) is 4.98 Å². The summed E-state index contributed by atoms with van der Waals surface area (Å²) >= 11 is 1.61. The molecular formula is C21H24N4O2S. The van der Waals surface area contributed by atoms with Crippen molar-refractivity contribution >= 4 is 28.1 Å². The summed E-state index contributed by atoms with van der Waals surface area (Å²) in [5, 5.41) is 6.57. The molecule has 2 aromatic heterocycles. The average Bonchev–Trinajstić information content (AvgIpc) is 3.22. The Morgan fingerprint density at radius 2 is 2.04 bits per heavy atom. The zero-order valence-electron chi connectivity index (χ0n) is 15.8. The number of carbonyl (C=O) groups excluding carboxylic acids is 1. The Morgan fingerprint density at radius 3 is 2.89 bits per heavy atom. The lowest BCUT2D eigenvalue weighted by atomic mass is 9.87. The summed E-state index contributed by atoms with van der Waals surface area (Å²) in [7, 11) is 0. The number of para-hydroxylation sites is 1. The first-order chi connectivity index (χ1) is 13.7. The molecule has 0 spiro atoms. The number of aromatic nitrogens is 3. The molecule has 7 heteroatoms. The first-order valence-electron chi connectivity index (χ1n) is 9.86. The predicted octanol–water partition coefficient (Wildman–Crippen LogP) is 3.61. The molecule has 3 aromatic rings. The SMILES string of the molecule is O=C(CCn1cnc2ccccc2c1=O)NCc1nc(C2CCCCC2)cs1. The summed E-state index contributed by atoms with van der Waals surface area (Å²) in [5.41, 5.74) is 1.74. The van der Waals surface area contributed by atoms with Crippen molar-refractivity contribution in [1.82, 2.24) is 19.9 Å². The van der Waals surface area contributed by atoms with Crippen molar-refractivity contribution < 1.29 is 4.79 Å². The Morgan fingerprint density at radius 1 is 1.21 bits per heavy atom. The van der Waals surface area contributed by atoms with Crippen LogP contribution in [0, 0.1) is 0 Å².